The van der Waals surface area contributed by atoms with Crippen LogP contribution in [0.5, 0.6) is 0 Å². The van der Waals surface area contributed by atoms with E-state index in [4.69, 9.17) is 4.74 Å². The summed E-state index contributed by atoms with van der Waals surface area (Å²) in [5.74, 6) is 0. The summed E-state index contributed by atoms with van der Waals surface area (Å²) < 4.78 is 6.94. The minimum atomic E-state index is -0.836. The number of ether oxygens (including phenoxy) is 1. The van der Waals surface area contributed by atoms with E-state index in [-0.39, 0.29) is 11.7 Å². The van der Waals surface area contributed by atoms with Crippen LogP contribution >= 0.6 is 0 Å². The van der Waals surface area contributed by atoms with E-state index in [2.05, 4.69) is 11.9 Å². The number of hydrogen-bond donors (Lipinski definition) is 2. The quantitative estimate of drug-likeness (QED) is 0.764. The van der Waals surface area contributed by atoms with Crippen LogP contribution in [0.15, 0.2) is 29.1 Å². The normalized spacial score (nSPS) is 14.6. The molecule has 2 atom stereocenters. The number of aliphatic hydroxyl groups excluding tert-OH is 1. The van der Waals surface area contributed by atoms with E-state index < -0.39 is 6.29 Å². The number of fused-ring (bicyclic) bond motifs is 1. The summed E-state index contributed by atoms with van der Waals surface area (Å²) in [7, 11) is 0. The fourth-order valence-corrected chi connectivity index (χ4v) is 2.62. The van der Waals surface area contributed by atoms with Gasteiger partial charge in [-0.05, 0) is 25.5 Å². The van der Waals surface area contributed by atoms with Crippen molar-refractivity contribution in [2.24, 2.45) is 0 Å². The molecule has 0 spiro atoms. The second-order valence-electron chi connectivity index (χ2n) is 4.91. The average Bonchev–Trinajstić information content (AvgIpc) is 2.74. The molecule has 1 aromatic heterocycles. The third kappa shape index (κ3) is 3.11. The molecule has 2 aromatic rings. The van der Waals surface area contributed by atoms with Crippen molar-refractivity contribution in [1.82, 2.24) is 9.55 Å². The summed E-state index contributed by atoms with van der Waals surface area (Å²) in [5.41, 5.74) is 1.57. The first kappa shape index (κ1) is 14.8. The summed E-state index contributed by atoms with van der Waals surface area (Å²) in [6.07, 6.45) is 1.35. The van der Waals surface area contributed by atoms with Gasteiger partial charge in [0.05, 0.1) is 11.0 Å². The molecule has 0 aliphatic heterocycles. The van der Waals surface area contributed by atoms with Gasteiger partial charge < -0.3 is 14.8 Å². The molecule has 0 radical (unpaired) electrons. The Balaban J connectivity index is 2.36. The van der Waals surface area contributed by atoms with Gasteiger partial charge in [0.25, 0.3) is 0 Å². The van der Waals surface area contributed by atoms with E-state index in [1.54, 1.807) is 4.57 Å². The number of aromatic amines is 1. The summed E-state index contributed by atoms with van der Waals surface area (Å²) >= 11 is 0. The zero-order valence-corrected chi connectivity index (χ0v) is 12.0. The maximum absolute atomic E-state index is 12.2. The van der Waals surface area contributed by atoms with Gasteiger partial charge in [-0.3, -0.25) is 4.57 Å². The number of H-pyrrole nitrogens is 1. The topological polar surface area (TPSA) is 67.2 Å². The van der Waals surface area contributed by atoms with Gasteiger partial charge in [0.2, 0.25) is 0 Å². The van der Waals surface area contributed by atoms with Crippen LogP contribution in [0.25, 0.3) is 11.0 Å². The standard InChI is InChI=1S/C15H22N2O3/c1-3-7-11(10-14(18)20-4-2)17-13-9-6-5-8-12(13)16-15(17)19/h5-6,8-9,11,14,18H,3-4,7,10H2,1-2H3,(H,16,19). The van der Waals surface area contributed by atoms with Crippen molar-refractivity contribution in [3.63, 3.8) is 0 Å². The Kier molecular flexibility index (Phi) is 4.98. The summed E-state index contributed by atoms with van der Waals surface area (Å²) in [6.45, 7) is 4.37. The van der Waals surface area contributed by atoms with Gasteiger partial charge >= 0.3 is 5.69 Å². The van der Waals surface area contributed by atoms with Crippen molar-refractivity contribution < 1.29 is 9.84 Å². The van der Waals surface area contributed by atoms with Crippen LogP contribution in [0.3, 0.4) is 0 Å². The Morgan fingerprint density at radius 1 is 1.35 bits per heavy atom. The van der Waals surface area contributed by atoms with Crippen LogP contribution in [0, 0.1) is 0 Å². The molecule has 0 saturated heterocycles. The fourth-order valence-electron chi connectivity index (χ4n) is 2.62. The molecule has 5 heteroatoms. The number of aliphatic hydroxyl groups is 1. The number of imidazole rings is 1. The first-order valence-corrected chi connectivity index (χ1v) is 7.16. The lowest BCUT2D eigenvalue weighted by Gasteiger charge is -2.21. The van der Waals surface area contributed by atoms with Crippen molar-refractivity contribution in [1.29, 1.82) is 0 Å². The highest BCUT2D eigenvalue weighted by Crippen LogP contribution is 2.23. The molecule has 2 unspecified atom stereocenters. The van der Waals surface area contributed by atoms with Gasteiger partial charge in [0, 0.05) is 19.1 Å². The van der Waals surface area contributed by atoms with Gasteiger partial charge in [-0.2, -0.15) is 0 Å². The molecule has 20 heavy (non-hydrogen) atoms. The van der Waals surface area contributed by atoms with Crippen molar-refractivity contribution in [3.05, 3.63) is 34.7 Å². The Bertz CT molecular complexity index is 602. The number of aromatic nitrogens is 2. The van der Waals surface area contributed by atoms with Crippen LogP contribution in [0.1, 0.15) is 39.2 Å². The van der Waals surface area contributed by atoms with Crippen LogP contribution < -0.4 is 5.69 Å². The molecule has 0 saturated carbocycles. The lowest BCUT2D eigenvalue weighted by Crippen LogP contribution is -2.26. The van der Waals surface area contributed by atoms with E-state index in [9.17, 15) is 9.90 Å². The summed E-state index contributed by atoms with van der Waals surface area (Å²) in [5, 5.41) is 9.86. The molecule has 0 aliphatic carbocycles. The zero-order chi connectivity index (χ0) is 14.5. The predicted octanol–water partition coefficient (Wildman–Crippen LogP) is 2.42. The van der Waals surface area contributed by atoms with Crippen LogP contribution in [-0.2, 0) is 4.74 Å². The monoisotopic (exact) mass is 278 g/mol. The van der Waals surface area contributed by atoms with E-state index >= 15 is 0 Å². The van der Waals surface area contributed by atoms with Crippen molar-refractivity contribution >= 4 is 11.0 Å². The van der Waals surface area contributed by atoms with Crippen LogP contribution in [0.4, 0.5) is 0 Å². The molecular formula is C15H22N2O3. The van der Waals surface area contributed by atoms with Gasteiger partial charge in [-0.1, -0.05) is 25.5 Å². The molecule has 5 nitrogen and oxygen atoms in total. The number of hydrogen-bond acceptors (Lipinski definition) is 3. The largest absolute Gasteiger partial charge is 0.368 e. The molecule has 0 aliphatic rings. The molecule has 2 rings (SSSR count). The minimum absolute atomic E-state index is 0.0646. The minimum Gasteiger partial charge on any atom is -0.368 e. The van der Waals surface area contributed by atoms with Gasteiger partial charge in [-0.15, -0.1) is 0 Å². The van der Waals surface area contributed by atoms with Gasteiger partial charge in [-0.25, -0.2) is 4.79 Å². The van der Waals surface area contributed by atoms with Crippen molar-refractivity contribution in [2.75, 3.05) is 6.61 Å². The Hall–Kier alpha value is -1.59. The average molecular weight is 278 g/mol. The Morgan fingerprint density at radius 2 is 2.10 bits per heavy atom. The third-order valence-corrected chi connectivity index (χ3v) is 3.44. The molecule has 0 bridgehead atoms. The van der Waals surface area contributed by atoms with Gasteiger partial charge in [0.1, 0.15) is 0 Å². The zero-order valence-electron chi connectivity index (χ0n) is 12.0. The lowest BCUT2D eigenvalue weighted by molar-refractivity contribution is -0.106. The highest BCUT2D eigenvalue weighted by atomic mass is 16.6. The van der Waals surface area contributed by atoms with E-state index in [1.807, 2.05) is 31.2 Å². The number of benzene rings is 1. The first-order chi connectivity index (χ1) is 9.67. The SMILES string of the molecule is CCCC(CC(O)OCC)n1c(=O)[nH]c2ccccc21. The smallest absolute Gasteiger partial charge is 0.326 e. The Labute approximate surface area is 118 Å². The third-order valence-electron chi connectivity index (χ3n) is 3.44. The predicted molar refractivity (Wildman–Crippen MR) is 78.8 cm³/mol. The number of nitrogens with zero attached hydrogens (tertiary/aromatic N) is 1. The lowest BCUT2D eigenvalue weighted by atomic mass is 10.1. The number of rotatable bonds is 7. The first-order valence-electron chi connectivity index (χ1n) is 7.16. The van der Waals surface area contributed by atoms with Crippen molar-refractivity contribution in [2.45, 2.75) is 45.4 Å². The van der Waals surface area contributed by atoms with E-state index in [0.717, 1.165) is 23.9 Å². The molecule has 1 heterocycles. The van der Waals surface area contributed by atoms with E-state index in [1.165, 1.54) is 0 Å². The number of nitrogens with one attached hydrogen (secondary N) is 1. The van der Waals surface area contributed by atoms with E-state index in [0.29, 0.717) is 13.0 Å². The highest BCUT2D eigenvalue weighted by Gasteiger charge is 2.20. The maximum atomic E-state index is 12.2. The molecule has 0 amide bonds. The summed E-state index contributed by atoms with van der Waals surface area (Å²) in [4.78, 5) is 15.0. The fraction of sp³-hybridized carbons (Fsp3) is 0.533. The van der Waals surface area contributed by atoms with Crippen molar-refractivity contribution in [3.8, 4) is 0 Å². The maximum Gasteiger partial charge on any atom is 0.326 e. The number of para-hydroxylation sites is 2. The highest BCUT2D eigenvalue weighted by molar-refractivity contribution is 5.75. The van der Waals surface area contributed by atoms with Crippen LogP contribution in [-0.4, -0.2) is 27.6 Å². The second kappa shape index (κ2) is 6.72. The second-order valence-corrected chi connectivity index (χ2v) is 4.91. The summed E-state index contributed by atoms with van der Waals surface area (Å²) in [6, 6.07) is 7.55. The molecule has 110 valence electrons. The van der Waals surface area contributed by atoms with Gasteiger partial charge in [0.15, 0.2) is 6.29 Å². The molecular weight excluding hydrogens is 256 g/mol. The Morgan fingerprint density at radius 3 is 2.80 bits per heavy atom. The van der Waals surface area contributed by atoms with Crippen LogP contribution in [0.2, 0.25) is 0 Å². The molecule has 1 aromatic carbocycles. The molecule has 0 fully saturated rings. The molecule has 2 N–H and O–H groups in total.